The number of anilines is 1. The quantitative estimate of drug-likeness (QED) is 0.162. The maximum absolute atomic E-state index is 14.0. The maximum atomic E-state index is 14.0. The van der Waals surface area contributed by atoms with Gasteiger partial charge < -0.3 is 22.1 Å². The van der Waals surface area contributed by atoms with Crippen LogP contribution in [0.2, 0.25) is 0 Å². The van der Waals surface area contributed by atoms with Gasteiger partial charge in [0.25, 0.3) is 11.8 Å². The third-order valence-corrected chi connectivity index (χ3v) is 9.65. The van der Waals surface area contributed by atoms with Gasteiger partial charge >= 0.3 is 0 Å². The molecule has 6 rings (SSSR count). The summed E-state index contributed by atoms with van der Waals surface area (Å²) >= 11 is 0. The minimum absolute atomic E-state index is 0. The third kappa shape index (κ3) is 8.64. The third-order valence-electron chi connectivity index (χ3n) is 9.65. The van der Waals surface area contributed by atoms with Gasteiger partial charge in [0.15, 0.2) is 0 Å². The molecule has 1 aliphatic heterocycles. The van der Waals surface area contributed by atoms with Crippen LogP contribution in [0, 0.1) is 18.8 Å². The number of carbonyl (C=O) groups is 4. The second kappa shape index (κ2) is 16.8. The first-order valence-corrected chi connectivity index (χ1v) is 17.0. The molecule has 2 aromatic carbocycles. The number of H-pyrrole nitrogens is 1. The number of nitrogens with one attached hydrogen (secondary N) is 3. The molecule has 1 saturated heterocycles. The minimum atomic E-state index is -0.977. The van der Waals surface area contributed by atoms with E-state index in [1.54, 1.807) is 30.3 Å². The summed E-state index contributed by atoms with van der Waals surface area (Å²) in [6.45, 7) is 3.03. The van der Waals surface area contributed by atoms with Gasteiger partial charge in [0.1, 0.15) is 11.7 Å². The Bertz CT molecular complexity index is 1830. The number of imide groups is 1. The van der Waals surface area contributed by atoms with Crippen molar-refractivity contribution in [3.63, 3.8) is 0 Å². The molecule has 7 N–H and O–H groups in total. The maximum Gasteiger partial charge on any atom is 0.270 e. The molecule has 4 aromatic rings. The lowest BCUT2D eigenvalue weighted by Gasteiger charge is -2.32. The summed E-state index contributed by atoms with van der Waals surface area (Å²) in [5.41, 5.74) is 17.0. The van der Waals surface area contributed by atoms with Crippen molar-refractivity contribution in [2.75, 3.05) is 18.0 Å². The molecule has 3 heterocycles. The van der Waals surface area contributed by atoms with E-state index in [2.05, 4.69) is 36.2 Å². The Labute approximate surface area is 301 Å². The van der Waals surface area contributed by atoms with E-state index in [-0.39, 0.29) is 42.3 Å². The molecule has 268 valence electrons. The van der Waals surface area contributed by atoms with Gasteiger partial charge in [-0.2, -0.15) is 5.21 Å². The van der Waals surface area contributed by atoms with E-state index in [9.17, 15) is 19.2 Å². The van der Waals surface area contributed by atoms with Crippen LogP contribution in [0.25, 0.3) is 22.5 Å². The topological polar surface area (TPSA) is 215 Å². The Kier molecular flexibility index (Phi) is 12.2. The van der Waals surface area contributed by atoms with Gasteiger partial charge in [0.05, 0.1) is 11.7 Å². The van der Waals surface area contributed by atoms with Crippen LogP contribution in [0.15, 0.2) is 60.7 Å². The number of pyridine rings is 1. The number of aryl methyl sites for hydroxylation is 1. The fourth-order valence-corrected chi connectivity index (χ4v) is 6.70. The molecule has 0 radical (unpaired) electrons. The highest BCUT2D eigenvalue weighted by Gasteiger charge is 2.35. The van der Waals surface area contributed by atoms with Gasteiger partial charge in [-0.25, -0.2) is 9.88 Å². The molecule has 0 bridgehead atoms. The zero-order valence-corrected chi connectivity index (χ0v) is 29.2. The summed E-state index contributed by atoms with van der Waals surface area (Å²) in [6.07, 6.45) is 4.63. The largest absolute Gasteiger partial charge is 0.354 e. The van der Waals surface area contributed by atoms with Gasteiger partial charge in [-0.15, -0.1) is 22.6 Å². The van der Waals surface area contributed by atoms with E-state index >= 15 is 0 Å². The van der Waals surface area contributed by atoms with Crippen LogP contribution in [-0.4, -0.2) is 74.4 Å². The molecule has 51 heavy (non-hydrogen) atoms. The normalized spacial score (nSPS) is 19.3. The number of nitrogens with two attached hydrogens (primary N) is 2. The van der Waals surface area contributed by atoms with Crippen LogP contribution in [0.1, 0.15) is 60.3 Å². The summed E-state index contributed by atoms with van der Waals surface area (Å²) in [5.74, 6) is -0.827. The van der Waals surface area contributed by atoms with Crippen LogP contribution in [-0.2, 0) is 20.8 Å². The fraction of sp³-hybridized carbons (Fsp3) is 0.389. The molecule has 1 saturated carbocycles. The van der Waals surface area contributed by atoms with Crippen LogP contribution >= 0.6 is 12.4 Å². The van der Waals surface area contributed by atoms with Crippen LogP contribution in [0.5, 0.6) is 0 Å². The van der Waals surface area contributed by atoms with Crippen molar-refractivity contribution in [3.8, 4) is 22.5 Å². The number of amides is 4. The summed E-state index contributed by atoms with van der Waals surface area (Å²) < 4.78 is 0. The molecule has 2 aliphatic rings. The standard InChI is InChI=1S/C36H42N10O4.ClH/c1-21-28(16-17-31(40-21)34(48)41-30-3-2-18-39-33(30)47)24-8-4-22(5-9-24)19-29(38)36(50)46(35(49)26-10-6-23(20-37)7-11-26)27-14-12-25(13-15-27)32-42-44-45-43-32;/h4-5,8-9,12-17,23,26,29-30H,2-3,6-7,10-11,18-20,37-38H2,1H3,(H,39,47)(H,41,48)(H,42,43,44,45);1H/t23?,26?,29-,30-;/m0./s1. The van der Waals surface area contributed by atoms with E-state index in [0.29, 0.717) is 61.0 Å². The lowest BCUT2D eigenvalue weighted by Crippen LogP contribution is -2.50. The summed E-state index contributed by atoms with van der Waals surface area (Å²) in [4.78, 5) is 58.5. The van der Waals surface area contributed by atoms with Gasteiger partial charge in [-0.05, 0) is 111 Å². The summed E-state index contributed by atoms with van der Waals surface area (Å²) in [6, 6.07) is 16.4. The number of rotatable bonds is 10. The van der Waals surface area contributed by atoms with Crippen molar-refractivity contribution >= 4 is 41.7 Å². The Morgan fingerprint density at radius 3 is 2.29 bits per heavy atom. The highest BCUT2D eigenvalue weighted by Crippen LogP contribution is 2.32. The molecule has 14 nitrogen and oxygen atoms in total. The average molecular weight is 715 g/mol. The summed E-state index contributed by atoms with van der Waals surface area (Å²) in [5, 5.41) is 19.6. The average Bonchev–Trinajstić information content (AvgIpc) is 3.69. The first-order valence-electron chi connectivity index (χ1n) is 17.0. The molecular formula is C36H43ClN10O4. The Balaban J connectivity index is 0.00000504. The highest BCUT2D eigenvalue weighted by molar-refractivity contribution is 6.17. The van der Waals surface area contributed by atoms with E-state index in [1.807, 2.05) is 37.3 Å². The summed E-state index contributed by atoms with van der Waals surface area (Å²) in [7, 11) is 0. The van der Waals surface area contributed by atoms with Gasteiger partial charge in [-0.1, -0.05) is 30.3 Å². The van der Waals surface area contributed by atoms with Crippen LogP contribution in [0.3, 0.4) is 0 Å². The molecule has 0 unspecified atom stereocenters. The molecule has 1 aliphatic carbocycles. The molecule has 2 atom stereocenters. The lowest BCUT2D eigenvalue weighted by molar-refractivity contribution is -0.130. The SMILES string of the molecule is Cc1nc(C(=O)N[C@H]2CCCNC2=O)ccc1-c1ccc(C[C@H](N)C(=O)N(C(=O)C2CCC(CN)CC2)c2ccc(-c3nn[nH]n3)cc2)cc1.Cl. The number of hydrogen-bond acceptors (Lipinski definition) is 10. The number of hydrogen-bond donors (Lipinski definition) is 5. The van der Waals surface area contributed by atoms with Crippen molar-refractivity contribution in [2.45, 2.75) is 64.0 Å². The number of benzene rings is 2. The number of piperidine rings is 1. The first kappa shape index (κ1) is 37.2. The Morgan fingerprint density at radius 1 is 0.961 bits per heavy atom. The van der Waals surface area contributed by atoms with E-state index < -0.39 is 23.9 Å². The zero-order valence-electron chi connectivity index (χ0n) is 28.4. The van der Waals surface area contributed by atoms with Crippen molar-refractivity contribution in [2.24, 2.45) is 23.3 Å². The number of aromatic amines is 1. The van der Waals surface area contributed by atoms with Crippen molar-refractivity contribution in [1.82, 2.24) is 36.2 Å². The minimum Gasteiger partial charge on any atom is -0.354 e. The number of aromatic nitrogens is 5. The van der Waals surface area contributed by atoms with Crippen molar-refractivity contribution in [3.05, 3.63) is 77.6 Å². The highest BCUT2D eigenvalue weighted by atomic mass is 35.5. The van der Waals surface area contributed by atoms with Crippen molar-refractivity contribution < 1.29 is 19.2 Å². The van der Waals surface area contributed by atoms with E-state index in [0.717, 1.165) is 36.0 Å². The second-order valence-corrected chi connectivity index (χ2v) is 13.0. The van der Waals surface area contributed by atoms with Crippen molar-refractivity contribution in [1.29, 1.82) is 0 Å². The smallest absolute Gasteiger partial charge is 0.270 e. The van der Waals surface area contributed by atoms with Crippen LogP contribution < -0.4 is 27.0 Å². The number of carbonyl (C=O) groups excluding carboxylic acids is 4. The number of nitrogens with zero attached hydrogens (tertiary/aromatic N) is 5. The fourth-order valence-electron chi connectivity index (χ4n) is 6.70. The van der Waals surface area contributed by atoms with E-state index in [4.69, 9.17) is 11.5 Å². The first-order chi connectivity index (χ1) is 24.2. The predicted molar refractivity (Wildman–Crippen MR) is 193 cm³/mol. The molecule has 2 aromatic heterocycles. The van der Waals surface area contributed by atoms with Gasteiger partial charge in [-0.3, -0.25) is 19.2 Å². The molecule has 15 heteroatoms. The molecular weight excluding hydrogens is 672 g/mol. The number of tetrazole rings is 1. The Hall–Kier alpha value is -5.05. The molecule has 4 amide bonds. The van der Waals surface area contributed by atoms with E-state index in [1.165, 1.54) is 4.90 Å². The van der Waals surface area contributed by atoms with Gasteiger partial charge in [0.2, 0.25) is 17.6 Å². The number of halogens is 1. The Morgan fingerprint density at radius 2 is 1.67 bits per heavy atom. The van der Waals surface area contributed by atoms with Crippen LogP contribution in [0.4, 0.5) is 5.69 Å². The monoisotopic (exact) mass is 714 g/mol. The lowest BCUT2D eigenvalue weighted by atomic mass is 9.81. The molecule has 2 fully saturated rings. The predicted octanol–water partition coefficient (Wildman–Crippen LogP) is 2.86. The van der Waals surface area contributed by atoms with Gasteiger partial charge in [0, 0.05) is 29.3 Å². The second-order valence-electron chi connectivity index (χ2n) is 13.0. The molecule has 0 spiro atoms. The zero-order chi connectivity index (χ0) is 35.2.